The zero-order valence-corrected chi connectivity index (χ0v) is 10.9. The van der Waals surface area contributed by atoms with E-state index < -0.39 is 0 Å². The number of hydrogen-bond acceptors (Lipinski definition) is 2. The summed E-state index contributed by atoms with van der Waals surface area (Å²) in [5.74, 6) is 0.627. The number of phenols is 1. The summed E-state index contributed by atoms with van der Waals surface area (Å²) in [5, 5.41) is 12.6. The summed E-state index contributed by atoms with van der Waals surface area (Å²) in [6, 6.07) is 16.1. The van der Waals surface area contributed by atoms with E-state index in [0.717, 1.165) is 6.54 Å². The quantitative estimate of drug-likeness (QED) is 0.862. The first-order valence-electron chi connectivity index (χ1n) is 6.21. The Morgan fingerprint density at radius 3 is 1.94 bits per heavy atom. The third-order valence-corrected chi connectivity index (χ3v) is 3.18. The van der Waals surface area contributed by atoms with Crippen molar-refractivity contribution < 1.29 is 5.11 Å². The second-order valence-corrected chi connectivity index (χ2v) is 4.61. The van der Waals surface area contributed by atoms with Gasteiger partial charge in [-0.15, -0.1) is 0 Å². The number of aryl methyl sites for hydroxylation is 1. The van der Waals surface area contributed by atoms with Gasteiger partial charge in [0.1, 0.15) is 5.75 Å². The van der Waals surface area contributed by atoms with Gasteiger partial charge in [-0.3, -0.25) is 0 Å². The summed E-state index contributed by atoms with van der Waals surface area (Å²) < 4.78 is 0. The van der Waals surface area contributed by atoms with Crippen molar-refractivity contribution in [2.45, 2.75) is 12.8 Å². The maximum absolute atomic E-state index is 9.36. The molecule has 2 nitrogen and oxygen atoms in total. The minimum atomic E-state index is 0.311. The summed E-state index contributed by atoms with van der Waals surface area (Å²) >= 11 is 0. The molecule has 2 N–H and O–H groups in total. The summed E-state index contributed by atoms with van der Waals surface area (Å²) in [7, 11) is 1.96. The standard InChI is InChI=1S/C16H19NO/c1-12-3-5-13(6-4-12)16(11-17-2)14-7-9-15(18)10-8-14/h3-10,16-18H,11H2,1-2H3. The van der Waals surface area contributed by atoms with Gasteiger partial charge >= 0.3 is 0 Å². The van der Waals surface area contributed by atoms with E-state index in [4.69, 9.17) is 0 Å². The molecule has 1 unspecified atom stereocenters. The lowest BCUT2D eigenvalue weighted by molar-refractivity contribution is 0.475. The van der Waals surface area contributed by atoms with E-state index in [2.05, 4.69) is 36.5 Å². The van der Waals surface area contributed by atoms with Gasteiger partial charge < -0.3 is 10.4 Å². The summed E-state index contributed by atoms with van der Waals surface area (Å²) in [6.45, 7) is 2.98. The van der Waals surface area contributed by atoms with Crippen molar-refractivity contribution in [2.24, 2.45) is 0 Å². The van der Waals surface area contributed by atoms with Crippen LogP contribution in [0.4, 0.5) is 0 Å². The van der Waals surface area contributed by atoms with Crippen molar-refractivity contribution in [1.29, 1.82) is 0 Å². The second kappa shape index (κ2) is 5.69. The zero-order chi connectivity index (χ0) is 13.0. The molecule has 1 atom stereocenters. The van der Waals surface area contributed by atoms with Crippen LogP contribution in [0.25, 0.3) is 0 Å². The Hall–Kier alpha value is -1.80. The number of phenolic OH excluding ortho intramolecular Hbond substituents is 1. The molecule has 0 spiro atoms. The fourth-order valence-corrected chi connectivity index (χ4v) is 2.14. The molecule has 0 aromatic heterocycles. The van der Waals surface area contributed by atoms with Gasteiger partial charge in [0, 0.05) is 12.5 Å². The maximum atomic E-state index is 9.36. The fraction of sp³-hybridized carbons (Fsp3) is 0.250. The van der Waals surface area contributed by atoms with Gasteiger partial charge in [0.05, 0.1) is 0 Å². The highest BCUT2D eigenvalue weighted by Crippen LogP contribution is 2.25. The number of aromatic hydroxyl groups is 1. The molecule has 0 fully saturated rings. The van der Waals surface area contributed by atoms with Crippen LogP contribution >= 0.6 is 0 Å². The van der Waals surface area contributed by atoms with Crippen molar-refractivity contribution in [3.63, 3.8) is 0 Å². The SMILES string of the molecule is CNCC(c1ccc(C)cc1)c1ccc(O)cc1. The third-order valence-electron chi connectivity index (χ3n) is 3.18. The molecule has 2 aromatic rings. The Balaban J connectivity index is 2.33. The predicted octanol–water partition coefficient (Wildman–Crippen LogP) is 3.05. The topological polar surface area (TPSA) is 32.3 Å². The minimum absolute atomic E-state index is 0.311. The van der Waals surface area contributed by atoms with Crippen molar-refractivity contribution in [3.8, 4) is 5.75 Å². The van der Waals surface area contributed by atoms with E-state index in [-0.39, 0.29) is 0 Å². The Morgan fingerprint density at radius 1 is 0.944 bits per heavy atom. The van der Waals surface area contributed by atoms with Gasteiger partial charge in [-0.25, -0.2) is 0 Å². The van der Waals surface area contributed by atoms with E-state index in [0.29, 0.717) is 11.7 Å². The van der Waals surface area contributed by atoms with Crippen molar-refractivity contribution >= 4 is 0 Å². The molecule has 0 saturated heterocycles. The molecule has 18 heavy (non-hydrogen) atoms. The van der Waals surface area contributed by atoms with Crippen LogP contribution in [0.1, 0.15) is 22.6 Å². The first-order chi connectivity index (χ1) is 8.70. The third kappa shape index (κ3) is 2.90. The molecule has 0 aliphatic heterocycles. The highest BCUT2D eigenvalue weighted by atomic mass is 16.3. The molecule has 2 rings (SSSR count). The number of benzene rings is 2. The van der Waals surface area contributed by atoms with Crippen LogP contribution in [-0.2, 0) is 0 Å². The van der Waals surface area contributed by atoms with Gasteiger partial charge in [-0.05, 0) is 37.2 Å². The van der Waals surface area contributed by atoms with Gasteiger partial charge in [0.2, 0.25) is 0 Å². The van der Waals surface area contributed by atoms with Crippen molar-refractivity contribution in [1.82, 2.24) is 5.32 Å². The highest BCUT2D eigenvalue weighted by Gasteiger charge is 2.12. The van der Waals surface area contributed by atoms with Crippen LogP contribution in [0, 0.1) is 6.92 Å². The van der Waals surface area contributed by atoms with Crippen molar-refractivity contribution in [3.05, 3.63) is 65.2 Å². The predicted molar refractivity (Wildman–Crippen MR) is 75.1 cm³/mol. The van der Waals surface area contributed by atoms with Gasteiger partial charge in [0.25, 0.3) is 0 Å². The molecular weight excluding hydrogens is 222 g/mol. The Kier molecular flexibility index (Phi) is 4.00. The van der Waals surface area contributed by atoms with Crippen LogP contribution in [0.2, 0.25) is 0 Å². The maximum Gasteiger partial charge on any atom is 0.115 e. The first-order valence-corrected chi connectivity index (χ1v) is 6.21. The normalized spacial score (nSPS) is 12.3. The lowest BCUT2D eigenvalue weighted by Gasteiger charge is -2.18. The van der Waals surface area contributed by atoms with Crippen LogP contribution in [0.15, 0.2) is 48.5 Å². The number of likely N-dealkylation sites (N-methyl/N-ethyl adjacent to an activating group) is 1. The number of hydrogen-bond donors (Lipinski definition) is 2. The van der Waals surface area contributed by atoms with Gasteiger partial charge in [0.15, 0.2) is 0 Å². The average Bonchev–Trinajstić information content (AvgIpc) is 2.39. The highest BCUT2D eigenvalue weighted by molar-refractivity contribution is 5.36. The molecule has 2 heteroatoms. The molecule has 0 amide bonds. The second-order valence-electron chi connectivity index (χ2n) is 4.61. The largest absolute Gasteiger partial charge is 0.508 e. The monoisotopic (exact) mass is 241 g/mol. The van der Waals surface area contributed by atoms with Gasteiger partial charge in [-0.2, -0.15) is 0 Å². The van der Waals surface area contributed by atoms with Crippen LogP contribution < -0.4 is 5.32 Å². The molecule has 0 heterocycles. The lowest BCUT2D eigenvalue weighted by Crippen LogP contribution is -2.18. The van der Waals surface area contributed by atoms with Crippen LogP contribution in [0.3, 0.4) is 0 Å². The summed E-state index contributed by atoms with van der Waals surface area (Å²) in [6.07, 6.45) is 0. The van der Waals surface area contributed by atoms with E-state index in [9.17, 15) is 5.11 Å². The zero-order valence-electron chi connectivity index (χ0n) is 10.9. The lowest BCUT2D eigenvalue weighted by atomic mass is 9.91. The van der Waals surface area contributed by atoms with Crippen molar-refractivity contribution in [2.75, 3.05) is 13.6 Å². The smallest absolute Gasteiger partial charge is 0.115 e. The van der Waals surface area contributed by atoms with E-state index in [1.165, 1.54) is 16.7 Å². The summed E-state index contributed by atoms with van der Waals surface area (Å²) in [5.41, 5.74) is 3.78. The van der Waals surface area contributed by atoms with Crippen LogP contribution in [0.5, 0.6) is 5.75 Å². The summed E-state index contributed by atoms with van der Waals surface area (Å²) in [4.78, 5) is 0. The molecule has 0 aliphatic rings. The molecule has 0 saturated carbocycles. The molecule has 0 bridgehead atoms. The minimum Gasteiger partial charge on any atom is -0.508 e. The molecule has 94 valence electrons. The molecule has 0 radical (unpaired) electrons. The molecule has 0 aliphatic carbocycles. The number of nitrogens with one attached hydrogen (secondary N) is 1. The Labute approximate surface area is 108 Å². The Morgan fingerprint density at radius 2 is 1.44 bits per heavy atom. The van der Waals surface area contributed by atoms with Crippen LogP contribution in [-0.4, -0.2) is 18.7 Å². The Bertz CT molecular complexity index is 442. The molecule has 2 aromatic carbocycles. The van der Waals surface area contributed by atoms with E-state index in [1.54, 1.807) is 12.1 Å². The first kappa shape index (κ1) is 12.7. The number of rotatable bonds is 4. The molecular formula is C16H19NO. The van der Waals surface area contributed by atoms with Gasteiger partial charge in [-0.1, -0.05) is 42.0 Å². The van der Waals surface area contributed by atoms with E-state index in [1.807, 2.05) is 19.2 Å². The average molecular weight is 241 g/mol. The van der Waals surface area contributed by atoms with E-state index >= 15 is 0 Å². The fourth-order valence-electron chi connectivity index (χ4n) is 2.14.